The molecule has 0 aliphatic carbocycles. The maximum atomic E-state index is 11.1. The van der Waals surface area contributed by atoms with Crippen LogP contribution in [0.25, 0.3) is 0 Å². The van der Waals surface area contributed by atoms with Crippen LogP contribution in [0.4, 0.5) is 0 Å². The molecule has 0 saturated carbocycles. The molecule has 4 heteroatoms. The Hall–Kier alpha value is -1.50. The summed E-state index contributed by atoms with van der Waals surface area (Å²) >= 11 is 0. The first-order chi connectivity index (χ1) is 5.87. The van der Waals surface area contributed by atoms with Gasteiger partial charge in [-0.25, -0.2) is 0 Å². The Morgan fingerprint density at radius 3 is 2.38 bits per heavy atom. The van der Waals surface area contributed by atoms with Gasteiger partial charge in [-0.1, -0.05) is 5.92 Å². The van der Waals surface area contributed by atoms with E-state index in [9.17, 15) is 9.59 Å². The van der Waals surface area contributed by atoms with Crippen LogP contribution in [0.2, 0.25) is 0 Å². The van der Waals surface area contributed by atoms with E-state index in [0.29, 0.717) is 0 Å². The van der Waals surface area contributed by atoms with Gasteiger partial charge in [0.25, 0.3) is 0 Å². The highest BCUT2D eigenvalue weighted by molar-refractivity contribution is 5.84. The van der Waals surface area contributed by atoms with Crippen molar-refractivity contribution >= 4 is 11.8 Å². The second-order valence-corrected chi connectivity index (χ2v) is 3.23. The van der Waals surface area contributed by atoms with Gasteiger partial charge in [0.2, 0.25) is 11.8 Å². The monoisotopic (exact) mass is 182 g/mol. The molecule has 72 valence electrons. The van der Waals surface area contributed by atoms with E-state index in [1.54, 1.807) is 13.8 Å². The van der Waals surface area contributed by atoms with Crippen LogP contribution in [0.15, 0.2) is 0 Å². The number of carbonyl (C=O) groups excluding carboxylic acids is 2. The Kier molecular flexibility index (Phi) is 3.99. The van der Waals surface area contributed by atoms with Gasteiger partial charge >= 0.3 is 0 Å². The lowest BCUT2D eigenvalue weighted by atomic mass is 10.1. The average Bonchev–Trinajstić information content (AvgIpc) is 2.00. The minimum atomic E-state index is -0.671. The highest BCUT2D eigenvalue weighted by Crippen LogP contribution is 1.97. The Bertz CT molecular complexity index is 251. The molecule has 0 atom stereocenters. The molecular weight excluding hydrogens is 168 g/mol. The quantitative estimate of drug-likeness (QED) is 0.586. The molecule has 0 aliphatic rings. The van der Waals surface area contributed by atoms with Crippen LogP contribution in [0.5, 0.6) is 0 Å². The number of carbonyl (C=O) groups is 2. The van der Waals surface area contributed by atoms with Crippen molar-refractivity contribution in [3.05, 3.63) is 0 Å². The van der Waals surface area contributed by atoms with Crippen molar-refractivity contribution in [3.63, 3.8) is 0 Å². The molecule has 0 aliphatic heterocycles. The molecule has 0 aromatic rings. The highest BCUT2D eigenvalue weighted by Gasteiger charge is 2.16. The number of nitrogens with one attached hydrogen (secondary N) is 2. The van der Waals surface area contributed by atoms with Gasteiger partial charge in [-0.15, -0.1) is 6.42 Å². The normalized spacial score (nSPS) is 10.0. The second kappa shape index (κ2) is 4.51. The minimum Gasteiger partial charge on any atom is -0.347 e. The molecule has 0 fully saturated rings. The standard InChI is InChI=1S/C9H14N2O2/c1-5-9(3,4)11-8(13)6-10-7(2)12/h1H,6H2,2-4H3,(H,10,12)(H,11,13). The van der Waals surface area contributed by atoms with Crippen LogP contribution in [-0.4, -0.2) is 23.9 Å². The van der Waals surface area contributed by atoms with Gasteiger partial charge in [0.15, 0.2) is 0 Å². The van der Waals surface area contributed by atoms with Crippen molar-refractivity contribution in [2.24, 2.45) is 0 Å². The lowest BCUT2D eigenvalue weighted by Crippen LogP contribution is -2.46. The summed E-state index contributed by atoms with van der Waals surface area (Å²) in [6.07, 6.45) is 5.16. The van der Waals surface area contributed by atoms with E-state index < -0.39 is 5.54 Å². The number of amides is 2. The predicted octanol–water partition coefficient (Wildman–Crippen LogP) is -0.350. The van der Waals surface area contributed by atoms with Crippen LogP contribution in [0.1, 0.15) is 20.8 Å². The van der Waals surface area contributed by atoms with Gasteiger partial charge in [0.05, 0.1) is 12.1 Å². The van der Waals surface area contributed by atoms with Crippen LogP contribution in [0, 0.1) is 12.3 Å². The van der Waals surface area contributed by atoms with E-state index in [1.165, 1.54) is 6.92 Å². The Morgan fingerprint density at radius 1 is 1.46 bits per heavy atom. The average molecular weight is 182 g/mol. The van der Waals surface area contributed by atoms with E-state index in [-0.39, 0.29) is 18.4 Å². The first kappa shape index (κ1) is 11.5. The zero-order valence-electron chi connectivity index (χ0n) is 8.10. The smallest absolute Gasteiger partial charge is 0.240 e. The Balaban J connectivity index is 3.90. The molecule has 2 N–H and O–H groups in total. The third-order valence-corrected chi connectivity index (χ3v) is 1.31. The lowest BCUT2D eigenvalue weighted by Gasteiger charge is -2.19. The lowest BCUT2D eigenvalue weighted by molar-refractivity contribution is -0.125. The van der Waals surface area contributed by atoms with E-state index in [2.05, 4.69) is 16.6 Å². The van der Waals surface area contributed by atoms with Gasteiger partial charge in [0.1, 0.15) is 0 Å². The summed E-state index contributed by atoms with van der Waals surface area (Å²) in [5, 5.41) is 4.94. The molecule has 0 radical (unpaired) electrons. The van der Waals surface area contributed by atoms with Crippen molar-refractivity contribution in [3.8, 4) is 12.3 Å². The maximum Gasteiger partial charge on any atom is 0.240 e. The first-order valence-corrected chi connectivity index (χ1v) is 3.90. The molecule has 0 unspecified atom stereocenters. The van der Waals surface area contributed by atoms with Crippen molar-refractivity contribution < 1.29 is 9.59 Å². The van der Waals surface area contributed by atoms with Crippen LogP contribution >= 0.6 is 0 Å². The summed E-state index contributed by atoms with van der Waals surface area (Å²) in [5.41, 5.74) is -0.671. The van der Waals surface area contributed by atoms with Crippen LogP contribution < -0.4 is 10.6 Å². The second-order valence-electron chi connectivity index (χ2n) is 3.23. The van der Waals surface area contributed by atoms with Crippen molar-refractivity contribution in [2.75, 3.05) is 6.54 Å². The summed E-state index contributed by atoms with van der Waals surface area (Å²) in [6.45, 7) is 4.72. The zero-order chi connectivity index (χ0) is 10.5. The third kappa shape index (κ3) is 5.74. The molecule has 0 aromatic carbocycles. The van der Waals surface area contributed by atoms with E-state index >= 15 is 0 Å². The summed E-state index contributed by atoms with van der Waals surface area (Å²) in [5.74, 6) is 1.88. The molecule has 0 saturated heterocycles. The molecule has 0 aromatic heterocycles. The van der Waals surface area contributed by atoms with E-state index in [0.717, 1.165) is 0 Å². The fraction of sp³-hybridized carbons (Fsp3) is 0.556. The first-order valence-electron chi connectivity index (χ1n) is 3.90. The molecule has 13 heavy (non-hydrogen) atoms. The van der Waals surface area contributed by atoms with Crippen LogP contribution in [-0.2, 0) is 9.59 Å². The molecule has 0 heterocycles. The summed E-state index contributed by atoms with van der Waals surface area (Å²) < 4.78 is 0. The van der Waals surface area contributed by atoms with Crippen molar-refractivity contribution in [1.82, 2.24) is 10.6 Å². The minimum absolute atomic E-state index is 0.0412. The zero-order valence-corrected chi connectivity index (χ0v) is 8.10. The summed E-state index contributed by atoms with van der Waals surface area (Å²) in [7, 11) is 0. The van der Waals surface area contributed by atoms with Gasteiger partial charge in [-0.3, -0.25) is 9.59 Å². The predicted molar refractivity (Wildman–Crippen MR) is 49.7 cm³/mol. The molecule has 0 bridgehead atoms. The van der Waals surface area contributed by atoms with Gasteiger partial charge in [-0.05, 0) is 13.8 Å². The SMILES string of the molecule is C#CC(C)(C)NC(=O)CNC(C)=O. The number of terminal acetylenes is 1. The van der Waals surface area contributed by atoms with Gasteiger partial charge < -0.3 is 10.6 Å². The van der Waals surface area contributed by atoms with E-state index in [4.69, 9.17) is 6.42 Å². The molecule has 0 spiro atoms. The fourth-order valence-electron chi connectivity index (χ4n) is 0.634. The summed E-state index contributed by atoms with van der Waals surface area (Å²) in [4.78, 5) is 21.6. The van der Waals surface area contributed by atoms with Gasteiger partial charge in [-0.2, -0.15) is 0 Å². The Morgan fingerprint density at radius 2 is 2.00 bits per heavy atom. The van der Waals surface area contributed by atoms with E-state index in [1.807, 2.05) is 0 Å². The van der Waals surface area contributed by atoms with Crippen molar-refractivity contribution in [2.45, 2.75) is 26.3 Å². The number of hydrogen-bond acceptors (Lipinski definition) is 2. The van der Waals surface area contributed by atoms with Crippen LogP contribution in [0.3, 0.4) is 0 Å². The molecular formula is C9H14N2O2. The fourth-order valence-corrected chi connectivity index (χ4v) is 0.634. The number of hydrogen-bond donors (Lipinski definition) is 2. The Labute approximate surface area is 78.1 Å². The third-order valence-electron chi connectivity index (χ3n) is 1.31. The molecule has 0 rings (SSSR count). The highest BCUT2D eigenvalue weighted by atomic mass is 16.2. The molecule has 4 nitrogen and oxygen atoms in total. The van der Waals surface area contributed by atoms with Gasteiger partial charge in [0, 0.05) is 6.92 Å². The largest absolute Gasteiger partial charge is 0.347 e. The van der Waals surface area contributed by atoms with Crippen molar-refractivity contribution in [1.29, 1.82) is 0 Å². The summed E-state index contributed by atoms with van der Waals surface area (Å²) in [6, 6.07) is 0. The maximum absolute atomic E-state index is 11.1. The number of rotatable bonds is 3. The molecule has 2 amide bonds. The topological polar surface area (TPSA) is 58.2 Å².